The number of hydrogen-bond donors (Lipinski definition) is 2. The monoisotopic (exact) mass is 281 g/mol. The van der Waals surface area contributed by atoms with Gasteiger partial charge in [0.1, 0.15) is 17.6 Å². The van der Waals surface area contributed by atoms with Crippen LogP contribution in [0.2, 0.25) is 0 Å². The van der Waals surface area contributed by atoms with Gasteiger partial charge in [-0.2, -0.15) is 0 Å². The normalized spacial score (nSPS) is 17.7. The first-order valence-electron chi connectivity index (χ1n) is 6.93. The Morgan fingerprint density at radius 3 is 2.65 bits per heavy atom. The third-order valence-corrected chi connectivity index (χ3v) is 3.68. The number of aromatic hydroxyl groups is 1. The summed E-state index contributed by atoms with van der Waals surface area (Å²) in [5, 5.41) is 12.7. The van der Waals surface area contributed by atoms with Gasteiger partial charge in [-0.05, 0) is 30.5 Å². The molecular weight excluding hydrogens is 261 g/mol. The van der Waals surface area contributed by atoms with E-state index >= 15 is 0 Å². The Bertz CT molecular complexity index is 452. The lowest BCUT2D eigenvalue weighted by molar-refractivity contribution is -0.143. The predicted molar refractivity (Wildman–Crippen MR) is 72.8 cm³/mol. The lowest BCUT2D eigenvalue weighted by Crippen LogP contribution is -2.38. The molecule has 2 N–H and O–H groups in total. The van der Waals surface area contributed by atoms with E-state index in [9.17, 15) is 14.3 Å². The van der Waals surface area contributed by atoms with E-state index in [0.717, 1.165) is 31.7 Å². The van der Waals surface area contributed by atoms with E-state index in [1.54, 1.807) is 0 Å². The molecule has 0 aromatic heterocycles. The zero-order chi connectivity index (χ0) is 14.5. The molecule has 0 heterocycles. The van der Waals surface area contributed by atoms with Crippen molar-refractivity contribution in [3.63, 3.8) is 0 Å². The van der Waals surface area contributed by atoms with E-state index in [-0.39, 0.29) is 11.8 Å². The molecule has 0 saturated heterocycles. The predicted octanol–water partition coefficient (Wildman–Crippen LogP) is 2.67. The van der Waals surface area contributed by atoms with Gasteiger partial charge in [0.2, 0.25) is 0 Å². The second-order valence-electron chi connectivity index (χ2n) is 5.20. The summed E-state index contributed by atoms with van der Waals surface area (Å²) >= 11 is 0. The van der Waals surface area contributed by atoms with Crippen molar-refractivity contribution in [2.24, 2.45) is 0 Å². The van der Waals surface area contributed by atoms with Crippen molar-refractivity contribution in [2.75, 3.05) is 7.11 Å². The molecule has 0 spiro atoms. The zero-order valence-electron chi connectivity index (χ0n) is 11.6. The van der Waals surface area contributed by atoms with E-state index < -0.39 is 17.8 Å². The summed E-state index contributed by atoms with van der Waals surface area (Å²) in [7, 11) is 1.30. The molecule has 1 fully saturated rings. The number of hydrogen-bond acceptors (Lipinski definition) is 4. The van der Waals surface area contributed by atoms with Crippen LogP contribution in [-0.4, -0.2) is 24.2 Å². The van der Waals surface area contributed by atoms with Gasteiger partial charge in [0.05, 0.1) is 7.11 Å². The molecule has 1 unspecified atom stereocenters. The second-order valence-corrected chi connectivity index (χ2v) is 5.20. The standard InChI is InChI=1S/C15H20FNO3/c1-20-15(19)14(17-12-5-3-2-4-6-12)10-7-11(16)9-13(18)8-10/h7-9,12,14,17-18H,2-6H2,1H3. The fraction of sp³-hybridized carbons (Fsp3) is 0.533. The number of nitrogens with one attached hydrogen (secondary N) is 1. The largest absolute Gasteiger partial charge is 0.508 e. The van der Waals surface area contributed by atoms with Gasteiger partial charge in [-0.3, -0.25) is 5.32 Å². The summed E-state index contributed by atoms with van der Waals surface area (Å²) < 4.78 is 18.2. The Balaban J connectivity index is 2.19. The summed E-state index contributed by atoms with van der Waals surface area (Å²) in [6, 6.07) is 3.12. The first-order valence-corrected chi connectivity index (χ1v) is 6.93. The average molecular weight is 281 g/mol. The Kier molecular flexibility index (Phi) is 4.95. The lowest BCUT2D eigenvalue weighted by Gasteiger charge is -2.27. The first kappa shape index (κ1) is 14.8. The molecule has 20 heavy (non-hydrogen) atoms. The van der Waals surface area contributed by atoms with Crippen molar-refractivity contribution in [3.05, 3.63) is 29.6 Å². The minimum Gasteiger partial charge on any atom is -0.508 e. The maximum absolute atomic E-state index is 13.4. The highest BCUT2D eigenvalue weighted by molar-refractivity contribution is 5.77. The smallest absolute Gasteiger partial charge is 0.327 e. The van der Waals surface area contributed by atoms with Gasteiger partial charge in [-0.15, -0.1) is 0 Å². The molecule has 1 saturated carbocycles. The van der Waals surface area contributed by atoms with Crippen molar-refractivity contribution in [3.8, 4) is 5.75 Å². The molecule has 110 valence electrons. The number of benzene rings is 1. The third kappa shape index (κ3) is 3.70. The SMILES string of the molecule is COC(=O)C(NC1CCCCC1)c1cc(O)cc(F)c1. The van der Waals surface area contributed by atoms with Crippen LogP contribution in [0.25, 0.3) is 0 Å². The topological polar surface area (TPSA) is 58.6 Å². The number of carbonyl (C=O) groups excluding carboxylic acids is 1. The van der Waals surface area contributed by atoms with Crippen LogP contribution in [0, 0.1) is 5.82 Å². The molecule has 5 heteroatoms. The molecule has 0 aliphatic heterocycles. The van der Waals surface area contributed by atoms with Crippen LogP contribution >= 0.6 is 0 Å². The minimum absolute atomic E-state index is 0.195. The summed E-state index contributed by atoms with van der Waals surface area (Å²) in [6.07, 6.45) is 5.45. The summed E-state index contributed by atoms with van der Waals surface area (Å²) in [6.45, 7) is 0. The van der Waals surface area contributed by atoms with E-state index in [4.69, 9.17) is 4.74 Å². The summed E-state index contributed by atoms with van der Waals surface area (Å²) in [5.41, 5.74) is 0.389. The third-order valence-electron chi connectivity index (χ3n) is 3.68. The van der Waals surface area contributed by atoms with Crippen molar-refractivity contribution in [1.82, 2.24) is 5.32 Å². The number of phenols is 1. The van der Waals surface area contributed by atoms with E-state index in [1.165, 1.54) is 25.7 Å². The Labute approximate surface area is 117 Å². The maximum atomic E-state index is 13.4. The Morgan fingerprint density at radius 2 is 2.05 bits per heavy atom. The van der Waals surface area contributed by atoms with Gasteiger partial charge in [0.25, 0.3) is 0 Å². The number of halogens is 1. The molecule has 2 rings (SSSR count). The van der Waals surface area contributed by atoms with Crippen LogP contribution in [0.15, 0.2) is 18.2 Å². The number of ether oxygens (including phenoxy) is 1. The van der Waals surface area contributed by atoms with Gasteiger partial charge in [0.15, 0.2) is 0 Å². The lowest BCUT2D eigenvalue weighted by atomic mass is 9.94. The average Bonchev–Trinajstić information content (AvgIpc) is 2.44. The molecule has 0 amide bonds. The molecule has 0 radical (unpaired) electrons. The maximum Gasteiger partial charge on any atom is 0.327 e. The highest BCUT2D eigenvalue weighted by Crippen LogP contribution is 2.25. The molecule has 1 aliphatic rings. The van der Waals surface area contributed by atoms with Crippen molar-refractivity contribution in [1.29, 1.82) is 0 Å². The zero-order valence-corrected chi connectivity index (χ0v) is 11.6. The van der Waals surface area contributed by atoms with Crippen molar-refractivity contribution in [2.45, 2.75) is 44.2 Å². The number of methoxy groups -OCH3 is 1. The first-order chi connectivity index (χ1) is 9.60. The molecule has 0 bridgehead atoms. The minimum atomic E-state index is -0.746. The number of carbonyl (C=O) groups is 1. The van der Waals surface area contributed by atoms with Gasteiger partial charge in [-0.1, -0.05) is 19.3 Å². The Hall–Kier alpha value is -1.62. The second kappa shape index (κ2) is 6.70. The molecule has 4 nitrogen and oxygen atoms in total. The fourth-order valence-electron chi connectivity index (χ4n) is 2.69. The van der Waals surface area contributed by atoms with Gasteiger partial charge in [-0.25, -0.2) is 9.18 Å². The van der Waals surface area contributed by atoms with Crippen LogP contribution in [0.5, 0.6) is 5.75 Å². The van der Waals surface area contributed by atoms with Crippen molar-refractivity contribution >= 4 is 5.97 Å². The quantitative estimate of drug-likeness (QED) is 0.833. The van der Waals surface area contributed by atoms with Crippen LogP contribution in [0.1, 0.15) is 43.7 Å². The summed E-state index contributed by atoms with van der Waals surface area (Å²) in [4.78, 5) is 11.9. The van der Waals surface area contributed by atoms with E-state index in [0.29, 0.717) is 5.56 Å². The van der Waals surface area contributed by atoms with Gasteiger partial charge < -0.3 is 9.84 Å². The highest BCUT2D eigenvalue weighted by atomic mass is 19.1. The fourth-order valence-corrected chi connectivity index (χ4v) is 2.69. The number of rotatable bonds is 4. The van der Waals surface area contributed by atoms with Crippen LogP contribution in [0.4, 0.5) is 4.39 Å². The van der Waals surface area contributed by atoms with Crippen LogP contribution < -0.4 is 5.32 Å². The molecular formula is C15H20FNO3. The Morgan fingerprint density at radius 1 is 1.35 bits per heavy atom. The number of phenolic OH excluding ortho intramolecular Hbond substituents is 1. The van der Waals surface area contributed by atoms with E-state index in [1.807, 2.05) is 0 Å². The van der Waals surface area contributed by atoms with Gasteiger partial charge in [0, 0.05) is 12.1 Å². The van der Waals surface area contributed by atoms with Crippen LogP contribution in [0.3, 0.4) is 0 Å². The van der Waals surface area contributed by atoms with E-state index in [2.05, 4.69) is 5.32 Å². The number of esters is 1. The van der Waals surface area contributed by atoms with Crippen LogP contribution in [-0.2, 0) is 9.53 Å². The highest BCUT2D eigenvalue weighted by Gasteiger charge is 2.26. The molecule has 1 atom stereocenters. The molecule has 1 aromatic carbocycles. The van der Waals surface area contributed by atoms with Gasteiger partial charge >= 0.3 is 5.97 Å². The molecule has 1 aromatic rings. The summed E-state index contributed by atoms with van der Waals surface area (Å²) in [5.74, 6) is -1.24. The molecule has 1 aliphatic carbocycles. The van der Waals surface area contributed by atoms with Crippen molar-refractivity contribution < 1.29 is 19.0 Å².